The number of aliphatic imine (C=N–C) groups is 1. The van der Waals surface area contributed by atoms with Gasteiger partial charge in [0.15, 0.2) is 5.96 Å². The summed E-state index contributed by atoms with van der Waals surface area (Å²) in [5, 5.41) is 7.85. The number of ether oxygens (including phenoxy) is 1. The van der Waals surface area contributed by atoms with Gasteiger partial charge >= 0.3 is 0 Å². The predicted molar refractivity (Wildman–Crippen MR) is 132 cm³/mol. The maximum Gasteiger partial charge on any atom is 0.191 e. The summed E-state index contributed by atoms with van der Waals surface area (Å²) < 4.78 is 5.40. The van der Waals surface area contributed by atoms with Crippen molar-refractivity contribution in [3.63, 3.8) is 0 Å². The lowest BCUT2D eigenvalue weighted by Crippen LogP contribution is -2.40. The van der Waals surface area contributed by atoms with Crippen LogP contribution in [0.1, 0.15) is 23.9 Å². The van der Waals surface area contributed by atoms with E-state index in [-0.39, 0.29) is 24.0 Å². The number of thiazole rings is 1. The zero-order chi connectivity index (χ0) is 19.6. The summed E-state index contributed by atoms with van der Waals surface area (Å²) in [6.45, 7) is 11.5. The summed E-state index contributed by atoms with van der Waals surface area (Å²) in [5.41, 5.74) is 2.23. The van der Waals surface area contributed by atoms with Crippen molar-refractivity contribution in [3.8, 4) is 10.6 Å². The van der Waals surface area contributed by atoms with Gasteiger partial charge in [-0.1, -0.05) is 30.3 Å². The molecule has 1 saturated heterocycles. The molecule has 2 N–H and O–H groups in total. The highest BCUT2D eigenvalue weighted by Crippen LogP contribution is 2.28. The molecule has 0 aliphatic carbocycles. The molecule has 1 aromatic heterocycles. The van der Waals surface area contributed by atoms with Gasteiger partial charge in [-0.2, -0.15) is 0 Å². The van der Waals surface area contributed by atoms with Crippen LogP contribution < -0.4 is 10.6 Å². The Labute approximate surface area is 195 Å². The molecule has 29 heavy (non-hydrogen) atoms. The zero-order valence-electron chi connectivity index (χ0n) is 17.3. The number of aryl methyl sites for hydroxylation is 1. The van der Waals surface area contributed by atoms with Gasteiger partial charge in [-0.05, 0) is 26.8 Å². The van der Waals surface area contributed by atoms with E-state index in [9.17, 15) is 0 Å². The van der Waals surface area contributed by atoms with Crippen molar-refractivity contribution in [2.45, 2.75) is 26.8 Å². The van der Waals surface area contributed by atoms with E-state index in [1.807, 2.05) is 18.2 Å². The molecule has 6 nitrogen and oxygen atoms in total. The van der Waals surface area contributed by atoms with E-state index in [1.54, 1.807) is 11.3 Å². The lowest BCUT2D eigenvalue weighted by molar-refractivity contribution is 0.0376. The third kappa shape index (κ3) is 7.84. The fraction of sp³-hybridized carbons (Fsp3) is 0.524. The fourth-order valence-electron chi connectivity index (χ4n) is 3.11. The molecule has 0 unspecified atom stereocenters. The maximum absolute atomic E-state index is 5.40. The number of morpholine rings is 1. The van der Waals surface area contributed by atoms with Crippen LogP contribution in [0.4, 0.5) is 0 Å². The number of benzene rings is 1. The summed E-state index contributed by atoms with van der Waals surface area (Å²) in [6.07, 6.45) is 1.10. The van der Waals surface area contributed by atoms with Crippen molar-refractivity contribution in [2.24, 2.45) is 4.99 Å². The Bertz CT molecular complexity index is 747. The first kappa shape index (κ1) is 24.0. The van der Waals surface area contributed by atoms with Crippen LogP contribution in [0, 0.1) is 6.92 Å². The number of halogens is 1. The van der Waals surface area contributed by atoms with Crippen molar-refractivity contribution in [2.75, 3.05) is 45.9 Å². The van der Waals surface area contributed by atoms with E-state index in [4.69, 9.17) is 14.7 Å². The Kier molecular flexibility index (Phi) is 10.9. The number of rotatable bonds is 8. The third-order valence-electron chi connectivity index (χ3n) is 4.69. The van der Waals surface area contributed by atoms with Crippen molar-refractivity contribution in [1.82, 2.24) is 20.5 Å². The summed E-state index contributed by atoms with van der Waals surface area (Å²) in [6, 6.07) is 10.3. The molecule has 0 amide bonds. The first-order valence-corrected chi connectivity index (χ1v) is 10.9. The SMILES string of the molecule is CCNC(=NCc1sc(-c2ccccc2)nc1C)NCCCN1CCOCC1.I. The first-order valence-electron chi connectivity index (χ1n) is 10.1. The average molecular weight is 529 g/mol. The molecule has 0 saturated carbocycles. The second-order valence-electron chi connectivity index (χ2n) is 6.82. The Morgan fingerprint density at radius 1 is 1.21 bits per heavy atom. The lowest BCUT2D eigenvalue weighted by Gasteiger charge is -2.26. The van der Waals surface area contributed by atoms with Gasteiger partial charge in [0.2, 0.25) is 0 Å². The molecule has 2 aromatic rings. The van der Waals surface area contributed by atoms with Crippen LogP contribution in [0.3, 0.4) is 0 Å². The van der Waals surface area contributed by atoms with E-state index >= 15 is 0 Å². The molecule has 0 atom stereocenters. The van der Waals surface area contributed by atoms with Crippen LogP contribution in [0.15, 0.2) is 35.3 Å². The van der Waals surface area contributed by atoms with E-state index in [0.29, 0.717) is 6.54 Å². The second-order valence-corrected chi connectivity index (χ2v) is 7.91. The Hall–Kier alpha value is -1.23. The molecule has 1 fully saturated rings. The van der Waals surface area contributed by atoms with E-state index in [2.05, 4.69) is 41.5 Å². The number of nitrogens with one attached hydrogen (secondary N) is 2. The van der Waals surface area contributed by atoms with E-state index < -0.39 is 0 Å². The standard InChI is InChI=1S/C21H31N5OS.HI/c1-3-22-21(23-10-7-11-26-12-14-27-15-13-26)24-16-19-17(2)25-20(28-19)18-8-5-4-6-9-18;/h4-6,8-9H,3,7,10-16H2,1-2H3,(H2,22,23,24);1H. The van der Waals surface area contributed by atoms with Gasteiger partial charge in [0.05, 0.1) is 25.5 Å². The summed E-state index contributed by atoms with van der Waals surface area (Å²) in [4.78, 5) is 13.2. The molecule has 3 rings (SSSR count). The molecule has 160 valence electrons. The Balaban J connectivity index is 0.00000300. The third-order valence-corrected chi connectivity index (χ3v) is 5.88. The topological polar surface area (TPSA) is 61.8 Å². The number of guanidine groups is 1. The van der Waals surface area contributed by atoms with Crippen LogP contribution in [0.2, 0.25) is 0 Å². The van der Waals surface area contributed by atoms with Gasteiger partial charge in [-0.3, -0.25) is 4.90 Å². The summed E-state index contributed by atoms with van der Waals surface area (Å²) >= 11 is 1.73. The Morgan fingerprint density at radius 2 is 1.97 bits per heavy atom. The van der Waals surface area contributed by atoms with Gasteiger partial charge in [0, 0.05) is 36.6 Å². The predicted octanol–water partition coefficient (Wildman–Crippen LogP) is 3.51. The van der Waals surface area contributed by atoms with Gasteiger partial charge in [-0.15, -0.1) is 35.3 Å². The largest absolute Gasteiger partial charge is 0.379 e. The summed E-state index contributed by atoms with van der Waals surface area (Å²) in [5.74, 6) is 0.874. The fourth-order valence-corrected chi connectivity index (χ4v) is 4.10. The molecule has 1 aromatic carbocycles. The molecule has 1 aliphatic heterocycles. The highest BCUT2D eigenvalue weighted by molar-refractivity contribution is 14.0. The van der Waals surface area contributed by atoms with Gasteiger partial charge in [-0.25, -0.2) is 9.98 Å². The lowest BCUT2D eigenvalue weighted by atomic mass is 10.2. The van der Waals surface area contributed by atoms with Crippen molar-refractivity contribution in [1.29, 1.82) is 0 Å². The quantitative estimate of drug-likeness (QED) is 0.237. The number of hydrogen-bond donors (Lipinski definition) is 2. The molecule has 2 heterocycles. The number of hydrogen-bond acceptors (Lipinski definition) is 5. The van der Waals surface area contributed by atoms with Gasteiger partial charge < -0.3 is 15.4 Å². The molecule has 1 aliphatic rings. The van der Waals surface area contributed by atoms with E-state index in [0.717, 1.165) is 69.0 Å². The van der Waals surface area contributed by atoms with Gasteiger partial charge in [0.25, 0.3) is 0 Å². The zero-order valence-corrected chi connectivity index (χ0v) is 20.5. The van der Waals surface area contributed by atoms with Crippen LogP contribution >= 0.6 is 35.3 Å². The minimum atomic E-state index is 0. The minimum Gasteiger partial charge on any atom is -0.379 e. The number of nitrogens with zero attached hydrogens (tertiary/aromatic N) is 3. The normalized spacial score (nSPS) is 15.0. The van der Waals surface area contributed by atoms with Crippen molar-refractivity contribution in [3.05, 3.63) is 40.9 Å². The molecule has 0 radical (unpaired) electrons. The highest BCUT2D eigenvalue weighted by atomic mass is 127. The monoisotopic (exact) mass is 529 g/mol. The van der Waals surface area contributed by atoms with Crippen LogP contribution in [0.25, 0.3) is 10.6 Å². The van der Waals surface area contributed by atoms with Crippen LogP contribution in [-0.4, -0.2) is 61.8 Å². The number of aromatic nitrogens is 1. The maximum atomic E-state index is 5.40. The molecule has 0 bridgehead atoms. The molecular formula is C21H32IN5OS. The van der Waals surface area contributed by atoms with Crippen LogP contribution in [-0.2, 0) is 11.3 Å². The van der Waals surface area contributed by atoms with Crippen molar-refractivity contribution < 1.29 is 4.74 Å². The summed E-state index contributed by atoms with van der Waals surface area (Å²) in [7, 11) is 0. The van der Waals surface area contributed by atoms with E-state index in [1.165, 1.54) is 10.4 Å². The van der Waals surface area contributed by atoms with Crippen molar-refractivity contribution >= 4 is 41.3 Å². The molecular weight excluding hydrogens is 497 g/mol. The molecule has 8 heteroatoms. The van der Waals surface area contributed by atoms with Crippen LogP contribution in [0.5, 0.6) is 0 Å². The second kappa shape index (κ2) is 13.1. The molecule has 0 spiro atoms. The highest BCUT2D eigenvalue weighted by Gasteiger charge is 2.10. The Morgan fingerprint density at radius 3 is 2.69 bits per heavy atom. The average Bonchev–Trinajstić information content (AvgIpc) is 3.11. The van der Waals surface area contributed by atoms with Gasteiger partial charge in [0.1, 0.15) is 5.01 Å². The smallest absolute Gasteiger partial charge is 0.191 e. The minimum absolute atomic E-state index is 0. The first-order chi connectivity index (χ1) is 13.8.